The molecule has 80 valence electrons. The lowest BCUT2D eigenvalue weighted by Crippen LogP contribution is -2.54. The molecule has 2 fully saturated rings. The molecule has 1 heterocycles. The Balaban J connectivity index is 2.13. The first-order valence-corrected chi connectivity index (χ1v) is 5.76. The zero-order valence-corrected chi connectivity index (χ0v) is 8.96. The number of carbonyl (C=O) groups is 1. The van der Waals surface area contributed by atoms with Gasteiger partial charge in [-0.1, -0.05) is 19.8 Å². The number of hydrogen-bond acceptors (Lipinski definition) is 2. The average molecular weight is 196 g/mol. The Labute approximate surface area is 85.6 Å². The first-order valence-electron chi connectivity index (χ1n) is 5.76. The quantitative estimate of drug-likeness (QED) is 0.686. The molecule has 3 nitrogen and oxygen atoms in total. The summed E-state index contributed by atoms with van der Waals surface area (Å²) in [5.41, 5.74) is 6.30. The summed E-state index contributed by atoms with van der Waals surface area (Å²) in [6.45, 7) is 2.81. The van der Waals surface area contributed by atoms with Crippen LogP contribution in [-0.2, 0) is 4.79 Å². The Morgan fingerprint density at radius 3 is 3.00 bits per heavy atom. The second-order valence-electron chi connectivity index (χ2n) is 4.69. The largest absolute Gasteiger partial charge is 0.338 e. The van der Waals surface area contributed by atoms with Crippen molar-refractivity contribution in [1.82, 2.24) is 4.90 Å². The molecule has 2 N–H and O–H groups in total. The Bertz CT molecular complexity index is 241. The van der Waals surface area contributed by atoms with Crippen LogP contribution in [0.2, 0.25) is 0 Å². The van der Waals surface area contributed by atoms with E-state index in [9.17, 15) is 4.79 Å². The van der Waals surface area contributed by atoms with Gasteiger partial charge in [-0.25, -0.2) is 0 Å². The molecule has 2 rings (SSSR count). The molecule has 3 heteroatoms. The van der Waals surface area contributed by atoms with Gasteiger partial charge in [-0.15, -0.1) is 0 Å². The Morgan fingerprint density at radius 1 is 1.50 bits per heavy atom. The van der Waals surface area contributed by atoms with Crippen molar-refractivity contribution in [2.75, 3.05) is 6.54 Å². The van der Waals surface area contributed by atoms with E-state index < -0.39 is 0 Å². The molecule has 2 unspecified atom stereocenters. The van der Waals surface area contributed by atoms with Gasteiger partial charge >= 0.3 is 0 Å². The number of hydrogen-bond donors (Lipinski definition) is 1. The summed E-state index contributed by atoms with van der Waals surface area (Å²) in [6.07, 6.45) is 6.31. The maximum absolute atomic E-state index is 11.7. The minimum Gasteiger partial charge on any atom is -0.338 e. The SMILES string of the molecule is CCC(=O)N1CCC2(N)CCCCC12. The monoisotopic (exact) mass is 196 g/mol. The number of nitrogens with two attached hydrogens (primary N) is 1. The molecule has 0 aromatic heterocycles. The summed E-state index contributed by atoms with van der Waals surface area (Å²) in [6, 6.07) is 0.337. The normalized spacial score (nSPS) is 37.0. The van der Waals surface area contributed by atoms with Crippen molar-refractivity contribution in [3.8, 4) is 0 Å². The first-order chi connectivity index (χ1) is 6.67. The van der Waals surface area contributed by atoms with Crippen LogP contribution in [0.4, 0.5) is 0 Å². The van der Waals surface area contributed by atoms with Gasteiger partial charge in [0, 0.05) is 24.5 Å². The van der Waals surface area contributed by atoms with Crippen LogP contribution in [0.5, 0.6) is 0 Å². The Hall–Kier alpha value is -0.570. The van der Waals surface area contributed by atoms with Gasteiger partial charge in [0.1, 0.15) is 0 Å². The van der Waals surface area contributed by atoms with Crippen molar-refractivity contribution in [1.29, 1.82) is 0 Å². The number of likely N-dealkylation sites (tertiary alicyclic amines) is 1. The summed E-state index contributed by atoms with van der Waals surface area (Å²) in [5, 5.41) is 0. The highest BCUT2D eigenvalue weighted by Gasteiger charge is 2.46. The zero-order chi connectivity index (χ0) is 10.2. The van der Waals surface area contributed by atoms with E-state index in [4.69, 9.17) is 5.73 Å². The minimum atomic E-state index is -0.0525. The van der Waals surface area contributed by atoms with E-state index in [2.05, 4.69) is 0 Å². The third-order valence-electron chi connectivity index (χ3n) is 3.85. The van der Waals surface area contributed by atoms with E-state index in [0.717, 1.165) is 25.8 Å². The fourth-order valence-corrected chi connectivity index (χ4v) is 2.99. The van der Waals surface area contributed by atoms with Gasteiger partial charge < -0.3 is 10.6 Å². The highest BCUT2D eigenvalue weighted by atomic mass is 16.2. The highest BCUT2D eigenvalue weighted by molar-refractivity contribution is 5.76. The lowest BCUT2D eigenvalue weighted by molar-refractivity contribution is -0.132. The summed E-state index contributed by atoms with van der Waals surface area (Å²) in [5.74, 6) is 0.282. The average Bonchev–Trinajstić information content (AvgIpc) is 2.54. The van der Waals surface area contributed by atoms with Crippen molar-refractivity contribution < 1.29 is 4.79 Å². The standard InChI is InChI=1S/C11H20N2O/c1-2-10(14)13-8-7-11(12)6-4-3-5-9(11)13/h9H,2-8,12H2,1H3. The minimum absolute atomic E-state index is 0.0525. The molecule has 1 aliphatic carbocycles. The van der Waals surface area contributed by atoms with Crippen molar-refractivity contribution in [3.63, 3.8) is 0 Å². The second kappa shape index (κ2) is 3.54. The topological polar surface area (TPSA) is 46.3 Å². The Morgan fingerprint density at radius 2 is 2.29 bits per heavy atom. The van der Waals surface area contributed by atoms with Crippen molar-refractivity contribution in [2.24, 2.45) is 5.73 Å². The molecule has 1 saturated heterocycles. The second-order valence-corrected chi connectivity index (χ2v) is 4.69. The predicted molar refractivity (Wildman–Crippen MR) is 55.8 cm³/mol. The first kappa shape index (κ1) is 9.97. The zero-order valence-electron chi connectivity index (χ0n) is 8.96. The lowest BCUT2D eigenvalue weighted by atomic mass is 9.78. The van der Waals surface area contributed by atoms with Crippen LogP contribution in [0.1, 0.15) is 45.4 Å². The number of fused-ring (bicyclic) bond motifs is 1. The molecule has 2 atom stereocenters. The highest BCUT2D eigenvalue weighted by Crippen LogP contribution is 2.38. The van der Waals surface area contributed by atoms with Gasteiger partial charge in [0.05, 0.1) is 0 Å². The fraction of sp³-hybridized carbons (Fsp3) is 0.909. The van der Waals surface area contributed by atoms with Crippen LogP contribution in [0.15, 0.2) is 0 Å². The van der Waals surface area contributed by atoms with Crippen molar-refractivity contribution in [3.05, 3.63) is 0 Å². The number of amides is 1. The van der Waals surface area contributed by atoms with E-state index >= 15 is 0 Å². The van der Waals surface area contributed by atoms with E-state index in [1.165, 1.54) is 12.8 Å². The Kier molecular flexibility index (Phi) is 2.52. The van der Waals surface area contributed by atoms with E-state index in [1.807, 2.05) is 11.8 Å². The fourth-order valence-electron chi connectivity index (χ4n) is 2.99. The molecular weight excluding hydrogens is 176 g/mol. The third kappa shape index (κ3) is 1.44. The van der Waals surface area contributed by atoms with Gasteiger partial charge in [0.25, 0.3) is 0 Å². The van der Waals surface area contributed by atoms with Gasteiger partial charge in [0.2, 0.25) is 5.91 Å². The van der Waals surface area contributed by atoms with Crippen LogP contribution in [-0.4, -0.2) is 28.9 Å². The van der Waals surface area contributed by atoms with Gasteiger partial charge in [-0.05, 0) is 19.3 Å². The lowest BCUT2D eigenvalue weighted by Gasteiger charge is -2.38. The molecule has 0 aromatic rings. The van der Waals surface area contributed by atoms with Crippen molar-refractivity contribution >= 4 is 5.91 Å². The number of nitrogens with zero attached hydrogens (tertiary/aromatic N) is 1. The molecular formula is C11H20N2O. The maximum atomic E-state index is 11.7. The molecule has 0 aromatic carbocycles. The summed E-state index contributed by atoms with van der Waals surface area (Å²) in [4.78, 5) is 13.7. The number of carbonyl (C=O) groups excluding carboxylic acids is 1. The van der Waals surface area contributed by atoms with Crippen LogP contribution >= 0.6 is 0 Å². The molecule has 2 aliphatic rings. The van der Waals surface area contributed by atoms with E-state index in [-0.39, 0.29) is 11.4 Å². The van der Waals surface area contributed by atoms with E-state index in [1.54, 1.807) is 0 Å². The smallest absolute Gasteiger partial charge is 0.222 e. The molecule has 0 radical (unpaired) electrons. The number of rotatable bonds is 1. The molecule has 1 aliphatic heterocycles. The summed E-state index contributed by atoms with van der Waals surface area (Å²) in [7, 11) is 0. The molecule has 14 heavy (non-hydrogen) atoms. The molecule has 0 bridgehead atoms. The molecule has 0 spiro atoms. The van der Waals surface area contributed by atoms with Gasteiger partial charge in [-0.3, -0.25) is 4.79 Å². The summed E-state index contributed by atoms with van der Waals surface area (Å²) >= 11 is 0. The van der Waals surface area contributed by atoms with Crippen LogP contribution < -0.4 is 5.73 Å². The van der Waals surface area contributed by atoms with Gasteiger partial charge in [-0.2, -0.15) is 0 Å². The summed E-state index contributed by atoms with van der Waals surface area (Å²) < 4.78 is 0. The maximum Gasteiger partial charge on any atom is 0.222 e. The van der Waals surface area contributed by atoms with Crippen LogP contribution in [0.3, 0.4) is 0 Å². The van der Waals surface area contributed by atoms with E-state index in [0.29, 0.717) is 12.5 Å². The van der Waals surface area contributed by atoms with Crippen LogP contribution in [0, 0.1) is 0 Å². The predicted octanol–water partition coefficient (Wildman–Crippen LogP) is 1.27. The van der Waals surface area contributed by atoms with Crippen LogP contribution in [0.25, 0.3) is 0 Å². The molecule has 1 amide bonds. The van der Waals surface area contributed by atoms with Crippen molar-refractivity contribution in [2.45, 2.75) is 57.0 Å². The third-order valence-corrected chi connectivity index (χ3v) is 3.85. The molecule has 1 saturated carbocycles. The van der Waals surface area contributed by atoms with Gasteiger partial charge in [0.15, 0.2) is 0 Å².